The van der Waals surface area contributed by atoms with Crippen molar-refractivity contribution >= 4 is 11.8 Å². The third-order valence-corrected chi connectivity index (χ3v) is 5.79. The second-order valence-corrected chi connectivity index (χ2v) is 7.37. The summed E-state index contributed by atoms with van der Waals surface area (Å²) in [5.74, 6) is 0.712. The molecule has 4 fully saturated rings. The fraction of sp³-hybridized carbons (Fsp3) is 0.611. The van der Waals surface area contributed by atoms with Gasteiger partial charge in [-0.15, -0.1) is 0 Å². The fourth-order valence-corrected chi connectivity index (χ4v) is 4.13. The average molecular weight is 329 g/mol. The van der Waals surface area contributed by atoms with Gasteiger partial charge in [0.05, 0.1) is 11.5 Å². The number of rotatable bonds is 3. The van der Waals surface area contributed by atoms with Crippen LogP contribution in [0, 0.1) is 11.8 Å². The van der Waals surface area contributed by atoms with Crippen LogP contribution in [-0.4, -0.2) is 52.3 Å². The van der Waals surface area contributed by atoms with Crippen LogP contribution < -0.4 is 5.56 Å². The molecular formula is C18H23N3O3. The van der Waals surface area contributed by atoms with Crippen molar-refractivity contribution < 1.29 is 9.59 Å². The van der Waals surface area contributed by atoms with E-state index < -0.39 is 0 Å². The van der Waals surface area contributed by atoms with Crippen LogP contribution in [0.1, 0.15) is 42.5 Å². The molecule has 6 nitrogen and oxygen atoms in total. The summed E-state index contributed by atoms with van der Waals surface area (Å²) in [7, 11) is 0. The van der Waals surface area contributed by atoms with Gasteiger partial charge in [-0.2, -0.15) is 0 Å². The van der Waals surface area contributed by atoms with Gasteiger partial charge >= 0.3 is 0 Å². The van der Waals surface area contributed by atoms with Crippen LogP contribution in [0.2, 0.25) is 0 Å². The first-order valence-corrected chi connectivity index (χ1v) is 8.90. The normalized spacial score (nSPS) is 27.1. The molecule has 6 heteroatoms. The number of nitrogens with zero attached hydrogens (tertiary/aromatic N) is 2. The molecule has 1 aromatic rings. The van der Waals surface area contributed by atoms with Gasteiger partial charge in [0.15, 0.2) is 0 Å². The number of carbonyl (C=O) groups excluding carboxylic acids is 2. The Morgan fingerprint density at radius 1 is 1.12 bits per heavy atom. The number of amides is 2. The monoisotopic (exact) mass is 329 g/mol. The molecule has 2 atom stereocenters. The lowest BCUT2D eigenvalue weighted by molar-refractivity contribution is -0.141. The summed E-state index contributed by atoms with van der Waals surface area (Å²) in [5, 5.41) is 0. The van der Waals surface area contributed by atoms with E-state index in [-0.39, 0.29) is 29.3 Å². The molecule has 0 radical (unpaired) electrons. The molecule has 4 aliphatic rings. The number of carbonyl (C=O) groups is 2. The zero-order chi connectivity index (χ0) is 16.7. The molecule has 2 amide bonds. The van der Waals surface area contributed by atoms with Gasteiger partial charge in [0.25, 0.3) is 5.91 Å². The SMILES string of the molecule is O=C(c1ccc(=O)[nH]c1)N1C[C@H]2CC[C@@H](C1)N(CC1CCC1)C2=O. The maximum atomic E-state index is 12.8. The van der Waals surface area contributed by atoms with Crippen molar-refractivity contribution in [2.45, 2.75) is 38.1 Å². The summed E-state index contributed by atoms with van der Waals surface area (Å²) >= 11 is 0. The molecule has 2 bridgehead atoms. The molecule has 1 aliphatic carbocycles. The number of piperidine rings is 1. The highest BCUT2D eigenvalue weighted by atomic mass is 16.2. The van der Waals surface area contributed by atoms with Crippen LogP contribution in [0.15, 0.2) is 23.1 Å². The Morgan fingerprint density at radius 2 is 1.96 bits per heavy atom. The molecule has 3 saturated heterocycles. The zero-order valence-corrected chi connectivity index (χ0v) is 13.7. The molecule has 3 aliphatic heterocycles. The lowest BCUT2D eigenvalue weighted by Gasteiger charge is -2.40. The van der Waals surface area contributed by atoms with E-state index in [0.717, 1.165) is 19.4 Å². The van der Waals surface area contributed by atoms with E-state index in [0.29, 0.717) is 24.6 Å². The number of pyridine rings is 1. The van der Waals surface area contributed by atoms with Crippen molar-refractivity contribution in [1.29, 1.82) is 0 Å². The summed E-state index contributed by atoms with van der Waals surface area (Å²) in [6, 6.07) is 3.07. The predicted molar refractivity (Wildman–Crippen MR) is 88.5 cm³/mol. The van der Waals surface area contributed by atoms with Gasteiger partial charge < -0.3 is 14.8 Å². The molecule has 0 unspecified atom stereocenters. The van der Waals surface area contributed by atoms with Crippen LogP contribution in [0.25, 0.3) is 0 Å². The smallest absolute Gasteiger partial charge is 0.255 e. The van der Waals surface area contributed by atoms with E-state index in [2.05, 4.69) is 9.88 Å². The van der Waals surface area contributed by atoms with Crippen molar-refractivity contribution in [2.75, 3.05) is 19.6 Å². The third-order valence-electron chi connectivity index (χ3n) is 5.79. The molecule has 5 rings (SSSR count). The predicted octanol–water partition coefficient (Wildman–Crippen LogP) is 1.24. The van der Waals surface area contributed by atoms with Gasteiger partial charge in [-0.3, -0.25) is 14.4 Å². The van der Waals surface area contributed by atoms with E-state index in [9.17, 15) is 14.4 Å². The third kappa shape index (κ3) is 2.74. The Hall–Kier alpha value is -2.11. The molecule has 1 N–H and O–H groups in total. The first-order chi connectivity index (χ1) is 11.6. The molecule has 1 aromatic heterocycles. The number of fused-ring (bicyclic) bond motifs is 4. The first-order valence-electron chi connectivity index (χ1n) is 8.90. The molecule has 1 saturated carbocycles. The topological polar surface area (TPSA) is 73.5 Å². The van der Waals surface area contributed by atoms with E-state index in [4.69, 9.17) is 0 Å². The second kappa shape index (κ2) is 6.07. The average Bonchev–Trinajstić information content (AvgIpc) is 2.83. The Morgan fingerprint density at radius 3 is 2.62 bits per heavy atom. The number of nitrogens with one attached hydrogen (secondary N) is 1. The molecule has 24 heavy (non-hydrogen) atoms. The van der Waals surface area contributed by atoms with Crippen LogP contribution >= 0.6 is 0 Å². The summed E-state index contributed by atoms with van der Waals surface area (Å²) in [4.78, 5) is 43.1. The Kier molecular flexibility index (Phi) is 3.90. The summed E-state index contributed by atoms with van der Waals surface area (Å²) in [5.41, 5.74) is 0.262. The number of H-pyrrole nitrogens is 1. The van der Waals surface area contributed by atoms with Crippen LogP contribution in [0.5, 0.6) is 0 Å². The van der Waals surface area contributed by atoms with Crippen molar-refractivity contribution in [1.82, 2.24) is 14.8 Å². The van der Waals surface area contributed by atoms with Gasteiger partial charge in [0, 0.05) is 37.9 Å². The minimum atomic E-state index is -0.218. The van der Waals surface area contributed by atoms with Crippen LogP contribution in [0.4, 0.5) is 0 Å². The van der Waals surface area contributed by atoms with Gasteiger partial charge in [-0.05, 0) is 37.7 Å². The molecule has 0 aromatic carbocycles. The van der Waals surface area contributed by atoms with E-state index in [1.54, 1.807) is 11.0 Å². The van der Waals surface area contributed by atoms with E-state index in [1.165, 1.54) is 31.5 Å². The maximum Gasteiger partial charge on any atom is 0.255 e. The summed E-state index contributed by atoms with van der Waals surface area (Å²) in [6.07, 6.45) is 7.05. The standard InChI is InChI=1S/C18H23N3O3/c22-16-7-5-13(8-19-16)17(23)20-10-14-4-6-15(11-20)21(18(14)24)9-12-2-1-3-12/h5,7-8,12,14-15H,1-4,6,9-11H2,(H,19,22)/t14-,15+/m1/s1. The number of aromatic amines is 1. The van der Waals surface area contributed by atoms with Crippen LogP contribution in [0.3, 0.4) is 0 Å². The van der Waals surface area contributed by atoms with E-state index >= 15 is 0 Å². The molecular weight excluding hydrogens is 306 g/mol. The van der Waals surface area contributed by atoms with Gasteiger partial charge in [-0.25, -0.2) is 0 Å². The highest BCUT2D eigenvalue weighted by Gasteiger charge is 2.42. The largest absolute Gasteiger partial charge is 0.337 e. The fourth-order valence-electron chi connectivity index (χ4n) is 4.13. The van der Waals surface area contributed by atoms with Crippen molar-refractivity contribution in [3.63, 3.8) is 0 Å². The number of aromatic nitrogens is 1. The van der Waals surface area contributed by atoms with Gasteiger partial charge in [0.2, 0.25) is 11.5 Å². The summed E-state index contributed by atoms with van der Waals surface area (Å²) in [6.45, 7) is 1.96. The van der Waals surface area contributed by atoms with Gasteiger partial charge in [-0.1, -0.05) is 6.42 Å². The Balaban J connectivity index is 1.52. The minimum Gasteiger partial charge on any atom is -0.337 e. The van der Waals surface area contributed by atoms with Crippen molar-refractivity contribution in [2.24, 2.45) is 11.8 Å². The summed E-state index contributed by atoms with van der Waals surface area (Å²) < 4.78 is 0. The minimum absolute atomic E-state index is 0.0736. The zero-order valence-electron chi connectivity index (χ0n) is 13.7. The highest BCUT2D eigenvalue weighted by molar-refractivity contribution is 5.94. The van der Waals surface area contributed by atoms with Crippen molar-refractivity contribution in [3.05, 3.63) is 34.2 Å². The van der Waals surface area contributed by atoms with Crippen LogP contribution in [-0.2, 0) is 4.79 Å². The number of hydrogen-bond acceptors (Lipinski definition) is 3. The Bertz CT molecular complexity index is 689. The maximum absolute atomic E-state index is 12.8. The molecule has 128 valence electrons. The first kappa shape index (κ1) is 15.4. The lowest BCUT2D eigenvalue weighted by atomic mass is 9.83. The Labute approximate surface area is 140 Å². The lowest BCUT2D eigenvalue weighted by Crippen LogP contribution is -2.50. The van der Waals surface area contributed by atoms with Crippen molar-refractivity contribution in [3.8, 4) is 0 Å². The second-order valence-electron chi connectivity index (χ2n) is 7.37. The number of hydrogen-bond donors (Lipinski definition) is 1. The molecule has 4 heterocycles. The quantitative estimate of drug-likeness (QED) is 0.907. The van der Waals surface area contributed by atoms with E-state index in [1.807, 2.05) is 0 Å². The highest BCUT2D eigenvalue weighted by Crippen LogP contribution is 2.34. The van der Waals surface area contributed by atoms with Gasteiger partial charge in [0.1, 0.15) is 0 Å². The molecule has 0 spiro atoms.